The summed E-state index contributed by atoms with van der Waals surface area (Å²) in [7, 11) is 0. The van der Waals surface area contributed by atoms with Crippen molar-refractivity contribution in [3.05, 3.63) is 48.6 Å². The van der Waals surface area contributed by atoms with Gasteiger partial charge >= 0.3 is 11.9 Å². The summed E-state index contributed by atoms with van der Waals surface area (Å²) >= 11 is 0. The zero-order valence-corrected chi connectivity index (χ0v) is 30.4. The highest BCUT2D eigenvalue weighted by atomic mass is 16.5. The monoisotopic (exact) mass is 643 g/mol. The molecule has 266 valence electrons. The van der Waals surface area contributed by atoms with Crippen LogP contribution in [-0.4, -0.2) is 23.1 Å². The van der Waals surface area contributed by atoms with E-state index in [4.69, 9.17) is 9.84 Å². The highest BCUT2D eigenvalue weighted by molar-refractivity contribution is 5.69. The fourth-order valence-corrected chi connectivity index (χ4v) is 5.65. The Hall–Kier alpha value is -2.10. The van der Waals surface area contributed by atoms with Crippen LogP contribution in [0, 0.1) is 0 Å². The van der Waals surface area contributed by atoms with Gasteiger partial charge in [0.15, 0.2) is 0 Å². The first-order chi connectivity index (χ1) is 22.6. The molecule has 0 saturated heterocycles. The maximum absolute atomic E-state index is 12.6. The van der Waals surface area contributed by atoms with E-state index in [0.29, 0.717) is 12.8 Å². The van der Waals surface area contributed by atoms with Crippen LogP contribution in [0.3, 0.4) is 0 Å². The third-order valence-corrected chi connectivity index (χ3v) is 8.55. The van der Waals surface area contributed by atoms with E-state index in [9.17, 15) is 9.59 Å². The Kier molecular flexibility index (Phi) is 35.7. The van der Waals surface area contributed by atoms with Gasteiger partial charge in [0.1, 0.15) is 6.10 Å². The molecule has 0 aromatic heterocycles. The second-order valence-electron chi connectivity index (χ2n) is 13.1. The van der Waals surface area contributed by atoms with Gasteiger partial charge in [-0.15, -0.1) is 0 Å². The van der Waals surface area contributed by atoms with Crippen molar-refractivity contribution in [1.29, 1.82) is 0 Å². The van der Waals surface area contributed by atoms with E-state index < -0.39 is 5.97 Å². The zero-order chi connectivity index (χ0) is 33.6. The molecule has 1 unspecified atom stereocenters. The van der Waals surface area contributed by atoms with Crippen molar-refractivity contribution in [3.8, 4) is 0 Å². The molecule has 46 heavy (non-hydrogen) atoms. The van der Waals surface area contributed by atoms with Crippen LogP contribution in [0.15, 0.2) is 48.6 Å². The van der Waals surface area contributed by atoms with Gasteiger partial charge in [0.25, 0.3) is 0 Å². The standard InChI is InChI=1S/C42H74O4/c1-3-5-7-9-11-13-15-17-18-19-20-22-24-26-28-30-35-39-42(45)46-40(37-33-31-34-38-41(43)44)36-32-29-27-25-23-21-16-14-12-10-8-6-4-2/h11,13,17-18,20,22,26,28,40H,3-10,12,14-16,19,21,23-25,27,29-39H2,1-2H3,(H,43,44)/b13-11-,18-17-,22-20-,28-26-. The third kappa shape index (κ3) is 36.4. The van der Waals surface area contributed by atoms with Gasteiger partial charge in [-0.2, -0.15) is 0 Å². The van der Waals surface area contributed by atoms with Crippen molar-refractivity contribution < 1.29 is 19.4 Å². The van der Waals surface area contributed by atoms with Crippen LogP contribution in [0.1, 0.15) is 200 Å². The number of aliphatic carboxylic acids is 1. The Labute approximate surface area is 285 Å². The summed E-state index contributed by atoms with van der Waals surface area (Å²) in [6.45, 7) is 4.51. The Morgan fingerprint density at radius 3 is 1.35 bits per heavy atom. The Morgan fingerprint density at radius 2 is 0.870 bits per heavy atom. The first kappa shape index (κ1) is 43.9. The molecule has 0 radical (unpaired) electrons. The van der Waals surface area contributed by atoms with E-state index in [1.54, 1.807) is 0 Å². The number of allylic oxidation sites excluding steroid dienone is 8. The van der Waals surface area contributed by atoms with Crippen LogP contribution in [0.2, 0.25) is 0 Å². The topological polar surface area (TPSA) is 63.6 Å². The molecule has 4 nitrogen and oxygen atoms in total. The fourth-order valence-electron chi connectivity index (χ4n) is 5.65. The highest BCUT2D eigenvalue weighted by Gasteiger charge is 2.14. The minimum atomic E-state index is -0.732. The number of hydrogen-bond donors (Lipinski definition) is 1. The van der Waals surface area contributed by atoms with Crippen LogP contribution < -0.4 is 0 Å². The van der Waals surface area contributed by atoms with Crippen LogP contribution in [-0.2, 0) is 14.3 Å². The Bertz CT molecular complexity index is 779. The van der Waals surface area contributed by atoms with E-state index in [1.807, 2.05) is 0 Å². The Balaban J connectivity index is 4.07. The molecular weight excluding hydrogens is 568 g/mol. The van der Waals surface area contributed by atoms with Gasteiger partial charge in [0, 0.05) is 12.8 Å². The van der Waals surface area contributed by atoms with Crippen molar-refractivity contribution in [2.75, 3.05) is 0 Å². The molecule has 0 heterocycles. The van der Waals surface area contributed by atoms with Gasteiger partial charge in [0.05, 0.1) is 0 Å². The van der Waals surface area contributed by atoms with Crippen LogP contribution in [0.4, 0.5) is 0 Å². The van der Waals surface area contributed by atoms with E-state index >= 15 is 0 Å². The van der Waals surface area contributed by atoms with E-state index in [-0.39, 0.29) is 18.5 Å². The maximum Gasteiger partial charge on any atom is 0.306 e. The molecular formula is C42H74O4. The predicted octanol–water partition coefficient (Wildman–Crippen LogP) is 13.6. The number of unbranched alkanes of at least 4 members (excludes halogenated alkanes) is 18. The quantitative estimate of drug-likeness (QED) is 0.0424. The number of esters is 1. The molecule has 0 aromatic carbocycles. The molecule has 0 aliphatic heterocycles. The van der Waals surface area contributed by atoms with Crippen molar-refractivity contribution in [2.45, 2.75) is 206 Å². The minimum absolute atomic E-state index is 0.0263. The molecule has 0 spiro atoms. The summed E-state index contributed by atoms with van der Waals surface area (Å²) in [6.07, 6.45) is 49.8. The predicted molar refractivity (Wildman–Crippen MR) is 199 cm³/mol. The smallest absolute Gasteiger partial charge is 0.306 e. The average molecular weight is 643 g/mol. The molecule has 0 aliphatic rings. The summed E-state index contributed by atoms with van der Waals surface area (Å²) in [4.78, 5) is 23.4. The van der Waals surface area contributed by atoms with Gasteiger partial charge in [-0.3, -0.25) is 9.59 Å². The molecule has 0 saturated carbocycles. The van der Waals surface area contributed by atoms with Gasteiger partial charge in [0.2, 0.25) is 0 Å². The van der Waals surface area contributed by atoms with Crippen molar-refractivity contribution in [3.63, 3.8) is 0 Å². The van der Waals surface area contributed by atoms with E-state index in [1.165, 1.54) is 103 Å². The highest BCUT2D eigenvalue weighted by Crippen LogP contribution is 2.18. The summed E-state index contributed by atoms with van der Waals surface area (Å²) in [5.74, 6) is -0.815. The molecule has 0 amide bonds. The molecule has 0 rings (SSSR count). The van der Waals surface area contributed by atoms with Crippen LogP contribution in [0.5, 0.6) is 0 Å². The molecule has 1 atom stereocenters. The second-order valence-corrected chi connectivity index (χ2v) is 13.1. The van der Waals surface area contributed by atoms with Gasteiger partial charge in [-0.05, 0) is 77.0 Å². The lowest BCUT2D eigenvalue weighted by atomic mass is 10.0. The lowest BCUT2D eigenvalue weighted by Gasteiger charge is -2.18. The number of carboxylic acids is 1. The molecule has 0 fully saturated rings. The Morgan fingerprint density at radius 1 is 0.478 bits per heavy atom. The first-order valence-corrected chi connectivity index (χ1v) is 19.6. The number of hydrogen-bond acceptors (Lipinski definition) is 3. The third-order valence-electron chi connectivity index (χ3n) is 8.55. The van der Waals surface area contributed by atoms with Crippen molar-refractivity contribution >= 4 is 11.9 Å². The SMILES string of the molecule is CCCCC/C=C\C/C=C\C/C=C\C/C=C\CCCC(=O)OC(CCCCCCCCCCCCCCC)CCCCCC(=O)O. The summed E-state index contributed by atoms with van der Waals surface area (Å²) in [5.41, 5.74) is 0. The average Bonchev–Trinajstić information content (AvgIpc) is 3.04. The summed E-state index contributed by atoms with van der Waals surface area (Å²) < 4.78 is 5.91. The summed E-state index contributed by atoms with van der Waals surface area (Å²) in [6, 6.07) is 0. The molecule has 0 aromatic rings. The van der Waals surface area contributed by atoms with Crippen molar-refractivity contribution in [1.82, 2.24) is 0 Å². The van der Waals surface area contributed by atoms with Crippen molar-refractivity contribution in [2.24, 2.45) is 0 Å². The lowest BCUT2D eigenvalue weighted by molar-refractivity contribution is -0.150. The molecule has 0 aliphatic carbocycles. The van der Waals surface area contributed by atoms with E-state index in [2.05, 4.69) is 62.5 Å². The second kappa shape index (κ2) is 37.4. The van der Waals surface area contributed by atoms with Crippen LogP contribution in [0.25, 0.3) is 0 Å². The largest absolute Gasteiger partial charge is 0.481 e. The number of ether oxygens (including phenoxy) is 1. The molecule has 1 N–H and O–H groups in total. The number of carbonyl (C=O) groups excluding carboxylic acids is 1. The normalized spacial score (nSPS) is 12.7. The van der Waals surface area contributed by atoms with Gasteiger partial charge in [-0.25, -0.2) is 0 Å². The summed E-state index contributed by atoms with van der Waals surface area (Å²) in [5, 5.41) is 8.89. The molecule has 0 bridgehead atoms. The van der Waals surface area contributed by atoms with E-state index in [0.717, 1.165) is 64.2 Å². The van der Waals surface area contributed by atoms with Crippen LogP contribution >= 0.6 is 0 Å². The minimum Gasteiger partial charge on any atom is -0.481 e. The maximum atomic E-state index is 12.6. The zero-order valence-electron chi connectivity index (χ0n) is 30.4. The first-order valence-electron chi connectivity index (χ1n) is 19.6. The molecule has 4 heteroatoms. The fraction of sp³-hybridized carbons (Fsp3) is 0.762. The number of carbonyl (C=O) groups is 2. The number of carboxylic acid groups (broad SMARTS) is 1. The lowest BCUT2D eigenvalue weighted by Crippen LogP contribution is -2.18. The number of rotatable bonds is 35. The van der Waals surface area contributed by atoms with Gasteiger partial charge in [-0.1, -0.05) is 159 Å². The van der Waals surface area contributed by atoms with Gasteiger partial charge < -0.3 is 9.84 Å².